The molecule has 0 spiro atoms. The van der Waals surface area contributed by atoms with E-state index in [0.29, 0.717) is 28.6 Å². The van der Waals surface area contributed by atoms with Gasteiger partial charge in [-0.05, 0) is 24.6 Å². The zero-order valence-electron chi connectivity index (χ0n) is 14.9. The lowest BCUT2D eigenvalue weighted by atomic mass is 9.89. The van der Waals surface area contributed by atoms with E-state index in [2.05, 4.69) is 5.16 Å². The Kier molecular flexibility index (Phi) is 5.05. The first-order chi connectivity index (χ1) is 12.3. The Bertz CT molecular complexity index is 829. The lowest BCUT2D eigenvalue weighted by Crippen LogP contribution is -2.30. The van der Waals surface area contributed by atoms with Gasteiger partial charge in [-0.1, -0.05) is 42.7 Å². The summed E-state index contributed by atoms with van der Waals surface area (Å²) in [6.45, 7) is 6.07. The molecule has 0 saturated carbocycles. The highest BCUT2D eigenvalue weighted by Crippen LogP contribution is 2.35. The minimum Gasteiger partial charge on any atom is -0.481 e. The van der Waals surface area contributed by atoms with Crippen LogP contribution in [0.1, 0.15) is 53.1 Å². The summed E-state index contributed by atoms with van der Waals surface area (Å²) in [5.74, 6) is -1.53. The van der Waals surface area contributed by atoms with Crippen molar-refractivity contribution in [1.29, 1.82) is 0 Å². The summed E-state index contributed by atoms with van der Waals surface area (Å²) in [4.78, 5) is 26.4. The highest BCUT2D eigenvalue weighted by molar-refractivity contribution is 6.30. The molecule has 0 bridgehead atoms. The standard InChI is InChI=1S/C19H21ClN2O4/c1-10(2)17-16(11(3)21-26-17)18(23)22-8-14(15(9-22)19(24)25)12-4-6-13(20)7-5-12/h4-7,10,14-15H,8-9H2,1-3H3,(H,24,25)/t14-,15+/m0/s1. The van der Waals surface area contributed by atoms with Gasteiger partial charge in [0.25, 0.3) is 5.91 Å². The summed E-state index contributed by atoms with van der Waals surface area (Å²) in [5, 5.41) is 14.1. The molecular weight excluding hydrogens is 356 g/mol. The Morgan fingerprint density at radius 2 is 1.92 bits per heavy atom. The van der Waals surface area contributed by atoms with E-state index in [1.165, 1.54) is 0 Å². The first-order valence-electron chi connectivity index (χ1n) is 8.53. The van der Waals surface area contributed by atoms with Crippen molar-refractivity contribution in [3.8, 4) is 0 Å². The number of halogens is 1. The fourth-order valence-corrected chi connectivity index (χ4v) is 3.59. The van der Waals surface area contributed by atoms with Crippen LogP contribution >= 0.6 is 11.6 Å². The minimum atomic E-state index is -0.911. The zero-order chi connectivity index (χ0) is 19.0. The third kappa shape index (κ3) is 3.33. The average Bonchev–Trinajstić information content (AvgIpc) is 3.19. The number of aryl methyl sites for hydroxylation is 1. The van der Waals surface area contributed by atoms with Crippen molar-refractivity contribution < 1.29 is 19.2 Å². The van der Waals surface area contributed by atoms with Crippen molar-refractivity contribution in [2.24, 2.45) is 5.92 Å². The quantitative estimate of drug-likeness (QED) is 0.879. The van der Waals surface area contributed by atoms with Crippen LogP contribution in [0.25, 0.3) is 0 Å². The van der Waals surface area contributed by atoms with E-state index in [1.54, 1.807) is 24.0 Å². The Morgan fingerprint density at radius 3 is 2.50 bits per heavy atom. The van der Waals surface area contributed by atoms with E-state index in [-0.39, 0.29) is 24.3 Å². The summed E-state index contributed by atoms with van der Waals surface area (Å²) < 4.78 is 5.31. The number of carboxylic acids is 1. The van der Waals surface area contributed by atoms with Crippen LogP contribution < -0.4 is 0 Å². The second kappa shape index (κ2) is 7.11. The number of aliphatic carboxylic acids is 1. The van der Waals surface area contributed by atoms with Gasteiger partial charge in [-0.2, -0.15) is 0 Å². The molecule has 7 heteroatoms. The molecule has 1 N–H and O–H groups in total. The van der Waals surface area contributed by atoms with Crippen LogP contribution in [-0.4, -0.2) is 40.1 Å². The van der Waals surface area contributed by atoms with Gasteiger partial charge in [0.2, 0.25) is 0 Å². The van der Waals surface area contributed by atoms with Crippen molar-refractivity contribution in [3.05, 3.63) is 51.9 Å². The third-order valence-corrected chi connectivity index (χ3v) is 5.10. The molecule has 6 nitrogen and oxygen atoms in total. The molecular formula is C19H21ClN2O4. The molecule has 1 aliphatic heterocycles. The first kappa shape index (κ1) is 18.5. The second-order valence-electron chi connectivity index (χ2n) is 6.97. The molecule has 2 aromatic rings. The Balaban J connectivity index is 1.90. The normalized spacial score (nSPS) is 20.0. The highest BCUT2D eigenvalue weighted by atomic mass is 35.5. The number of nitrogens with zero attached hydrogens (tertiary/aromatic N) is 2. The molecule has 1 fully saturated rings. The molecule has 2 atom stereocenters. The summed E-state index contributed by atoms with van der Waals surface area (Å²) in [6.07, 6.45) is 0. The van der Waals surface area contributed by atoms with E-state index in [1.807, 2.05) is 26.0 Å². The summed E-state index contributed by atoms with van der Waals surface area (Å²) in [5.41, 5.74) is 1.84. The fourth-order valence-electron chi connectivity index (χ4n) is 3.47. The predicted molar refractivity (Wildman–Crippen MR) is 96.6 cm³/mol. The first-order valence-corrected chi connectivity index (χ1v) is 8.91. The van der Waals surface area contributed by atoms with Gasteiger partial charge in [-0.3, -0.25) is 9.59 Å². The number of carbonyl (C=O) groups is 2. The van der Waals surface area contributed by atoms with Gasteiger partial charge >= 0.3 is 5.97 Å². The maximum absolute atomic E-state index is 13.1. The van der Waals surface area contributed by atoms with E-state index >= 15 is 0 Å². The van der Waals surface area contributed by atoms with Crippen LogP contribution in [-0.2, 0) is 4.79 Å². The number of carboxylic acid groups (broad SMARTS) is 1. The number of aromatic nitrogens is 1. The Morgan fingerprint density at radius 1 is 1.27 bits per heavy atom. The monoisotopic (exact) mass is 376 g/mol. The molecule has 0 aliphatic carbocycles. The second-order valence-corrected chi connectivity index (χ2v) is 7.41. The molecule has 26 heavy (non-hydrogen) atoms. The van der Waals surface area contributed by atoms with Crippen molar-refractivity contribution in [3.63, 3.8) is 0 Å². The Hall–Kier alpha value is -2.34. The third-order valence-electron chi connectivity index (χ3n) is 4.85. The number of amides is 1. The smallest absolute Gasteiger partial charge is 0.308 e. The van der Waals surface area contributed by atoms with E-state index in [4.69, 9.17) is 16.1 Å². The molecule has 0 radical (unpaired) electrons. The van der Waals surface area contributed by atoms with Gasteiger partial charge in [0.15, 0.2) is 5.76 Å². The number of hydrogen-bond acceptors (Lipinski definition) is 4. The van der Waals surface area contributed by atoms with Gasteiger partial charge in [0.1, 0.15) is 5.56 Å². The number of hydrogen-bond donors (Lipinski definition) is 1. The van der Waals surface area contributed by atoms with Gasteiger partial charge in [0.05, 0.1) is 11.6 Å². The van der Waals surface area contributed by atoms with Gasteiger partial charge < -0.3 is 14.5 Å². The van der Waals surface area contributed by atoms with Gasteiger partial charge in [-0.25, -0.2) is 0 Å². The lowest BCUT2D eigenvalue weighted by Gasteiger charge is -2.17. The minimum absolute atomic E-state index is 0.0140. The molecule has 1 aromatic heterocycles. The summed E-state index contributed by atoms with van der Waals surface area (Å²) in [6, 6.07) is 7.12. The largest absolute Gasteiger partial charge is 0.481 e. The van der Waals surface area contributed by atoms with Crippen LogP contribution in [0, 0.1) is 12.8 Å². The number of likely N-dealkylation sites (tertiary alicyclic amines) is 1. The van der Waals surface area contributed by atoms with Crippen LogP contribution in [0.4, 0.5) is 0 Å². The molecule has 3 rings (SSSR count). The molecule has 1 saturated heterocycles. The maximum atomic E-state index is 13.1. The molecule has 1 amide bonds. The van der Waals surface area contributed by atoms with Crippen LogP contribution in [0.3, 0.4) is 0 Å². The van der Waals surface area contributed by atoms with Crippen LogP contribution in [0.2, 0.25) is 5.02 Å². The molecule has 0 unspecified atom stereocenters. The van der Waals surface area contributed by atoms with Gasteiger partial charge in [0, 0.05) is 29.9 Å². The zero-order valence-corrected chi connectivity index (χ0v) is 15.7. The van der Waals surface area contributed by atoms with Crippen molar-refractivity contribution in [2.75, 3.05) is 13.1 Å². The topological polar surface area (TPSA) is 83.6 Å². The van der Waals surface area contributed by atoms with Crippen molar-refractivity contribution >= 4 is 23.5 Å². The Labute approximate surface area is 156 Å². The molecule has 1 aromatic carbocycles. The van der Waals surface area contributed by atoms with Crippen LogP contribution in [0.15, 0.2) is 28.8 Å². The predicted octanol–water partition coefficient (Wildman–Crippen LogP) is 3.70. The highest BCUT2D eigenvalue weighted by Gasteiger charge is 2.42. The molecule has 138 valence electrons. The maximum Gasteiger partial charge on any atom is 0.308 e. The van der Waals surface area contributed by atoms with E-state index in [9.17, 15) is 14.7 Å². The lowest BCUT2D eigenvalue weighted by molar-refractivity contribution is -0.141. The number of carbonyl (C=O) groups excluding carboxylic acids is 1. The van der Waals surface area contributed by atoms with Crippen molar-refractivity contribution in [1.82, 2.24) is 10.1 Å². The summed E-state index contributed by atoms with van der Waals surface area (Å²) >= 11 is 5.93. The van der Waals surface area contributed by atoms with Crippen LogP contribution in [0.5, 0.6) is 0 Å². The molecule has 2 heterocycles. The molecule has 1 aliphatic rings. The van der Waals surface area contributed by atoms with Gasteiger partial charge in [-0.15, -0.1) is 0 Å². The van der Waals surface area contributed by atoms with E-state index in [0.717, 1.165) is 5.56 Å². The fraction of sp³-hybridized carbons (Fsp3) is 0.421. The number of rotatable bonds is 4. The number of benzene rings is 1. The van der Waals surface area contributed by atoms with Crippen molar-refractivity contribution in [2.45, 2.75) is 32.6 Å². The van der Waals surface area contributed by atoms with E-state index < -0.39 is 11.9 Å². The SMILES string of the molecule is Cc1noc(C(C)C)c1C(=O)N1C[C@@H](C(=O)O)[C@H](c2ccc(Cl)cc2)C1. The summed E-state index contributed by atoms with van der Waals surface area (Å²) in [7, 11) is 0. The average molecular weight is 377 g/mol.